The van der Waals surface area contributed by atoms with Gasteiger partial charge < -0.3 is 5.32 Å². The fourth-order valence-corrected chi connectivity index (χ4v) is 2.01. The first-order valence-electron chi connectivity index (χ1n) is 6.00. The van der Waals surface area contributed by atoms with Crippen molar-refractivity contribution in [2.75, 3.05) is 5.32 Å². The highest BCUT2D eigenvalue weighted by Gasteiger charge is 2.06. The number of nitrogens with zero attached hydrogens (tertiary/aromatic N) is 2. The molecule has 0 spiro atoms. The van der Waals surface area contributed by atoms with Crippen LogP contribution in [0.3, 0.4) is 0 Å². The Hall–Kier alpha value is -2.44. The van der Waals surface area contributed by atoms with Crippen LogP contribution in [0.25, 0.3) is 6.08 Å². The Morgan fingerprint density at radius 2 is 2.05 bits per heavy atom. The number of nitro groups is 1. The van der Waals surface area contributed by atoms with Crippen LogP contribution in [0.2, 0.25) is 10.0 Å². The molecule has 0 radical (unpaired) electrons. The lowest BCUT2D eigenvalue weighted by atomic mass is 10.2. The maximum Gasteiger partial charge on any atom is 0.287 e. The van der Waals surface area contributed by atoms with E-state index in [9.17, 15) is 14.9 Å². The third kappa shape index (κ3) is 4.28. The number of pyridine rings is 1. The van der Waals surface area contributed by atoms with Gasteiger partial charge in [-0.05, 0) is 29.8 Å². The molecule has 1 aromatic carbocycles. The molecule has 0 unspecified atom stereocenters. The lowest BCUT2D eigenvalue weighted by molar-refractivity contribution is -0.385. The van der Waals surface area contributed by atoms with E-state index in [1.54, 1.807) is 18.2 Å². The lowest BCUT2D eigenvalue weighted by Crippen LogP contribution is -2.09. The molecule has 22 heavy (non-hydrogen) atoms. The molecule has 1 heterocycles. The van der Waals surface area contributed by atoms with E-state index in [-0.39, 0.29) is 11.5 Å². The number of nitrogens with one attached hydrogen (secondary N) is 1. The SMILES string of the molecule is O=C(C=Cc1ccc(Cl)cc1Cl)Nc1ccc([N+](=O)[O-])cn1. The van der Waals surface area contributed by atoms with E-state index in [2.05, 4.69) is 10.3 Å². The summed E-state index contributed by atoms with van der Waals surface area (Å²) in [4.78, 5) is 25.4. The average Bonchev–Trinajstić information content (AvgIpc) is 2.47. The summed E-state index contributed by atoms with van der Waals surface area (Å²) in [7, 11) is 0. The molecule has 0 saturated carbocycles. The molecule has 2 rings (SSSR count). The number of halogens is 2. The first-order valence-corrected chi connectivity index (χ1v) is 6.76. The van der Waals surface area contributed by atoms with Crippen LogP contribution in [0, 0.1) is 10.1 Å². The fraction of sp³-hybridized carbons (Fsp3) is 0. The van der Waals surface area contributed by atoms with Crippen LogP contribution in [0.5, 0.6) is 0 Å². The Morgan fingerprint density at radius 3 is 2.64 bits per heavy atom. The van der Waals surface area contributed by atoms with Gasteiger partial charge in [0.15, 0.2) is 0 Å². The Morgan fingerprint density at radius 1 is 1.27 bits per heavy atom. The Labute approximate surface area is 135 Å². The Kier molecular flexibility index (Phi) is 5.08. The van der Waals surface area contributed by atoms with E-state index >= 15 is 0 Å². The minimum atomic E-state index is -0.568. The van der Waals surface area contributed by atoms with Crippen molar-refractivity contribution in [3.8, 4) is 0 Å². The quantitative estimate of drug-likeness (QED) is 0.520. The highest BCUT2D eigenvalue weighted by atomic mass is 35.5. The molecule has 0 atom stereocenters. The van der Waals surface area contributed by atoms with Crippen molar-refractivity contribution in [1.29, 1.82) is 0 Å². The van der Waals surface area contributed by atoms with Gasteiger partial charge >= 0.3 is 0 Å². The molecule has 0 aliphatic carbocycles. The van der Waals surface area contributed by atoms with Crippen LogP contribution in [-0.2, 0) is 4.79 Å². The van der Waals surface area contributed by atoms with E-state index in [0.29, 0.717) is 15.6 Å². The van der Waals surface area contributed by atoms with E-state index in [1.807, 2.05) is 0 Å². The van der Waals surface area contributed by atoms with Crippen molar-refractivity contribution in [1.82, 2.24) is 4.98 Å². The number of benzene rings is 1. The van der Waals surface area contributed by atoms with Gasteiger partial charge in [0.25, 0.3) is 5.69 Å². The number of aromatic nitrogens is 1. The molecule has 2 aromatic rings. The third-order valence-electron chi connectivity index (χ3n) is 2.59. The largest absolute Gasteiger partial charge is 0.307 e. The molecule has 1 aromatic heterocycles. The van der Waals surface area contributed by atoms with E-state index < -0.39 is 10.8 Å². The van der Waals surface area contributed by atoms with Gasteiger partial charge in [-0.3, -0.25) is 14.9 Å². The highest BCUT2D eigenvalue weighted by Crippen LogP contribution is 2.22. The van der Waals surface area contributed by atoms with E-state index in [0.717, 1.165) is 6.20 Å². The molecule has 0 aliphatic rings. The number of amides is 1. The Balaban J connectivity index is 2.03. The third-order valence-corrected chi connectivity index (χ3v) is 3.15. The first kappa shape index (κ1) is 15.9. The van der Waals surface area contributed by atoms with Crippen LogP contribution in [-0.4, -0.2) is 15.8 Å². The average molecular weight is 338 g/mol. The topological polar surface area (TPSA) is 85.1 Å². The zero-order valence-corrected chi connectivity index (χ0v) is 12.5. The zero-order valence-electron chi connectivity index (χ0n) is 11.0. The van der Waals surface area contributed by atoms with Gasteiger partial charge in [-0.25, -0.2) is 4.98 Å². The predicted molar refractivity (Wildman–Crippen MR) is 85.0 cm³/mol. The van der Waals surface area contributed by atoms with Gasteiger partial charge in [0.05, 0.1) is 4.92 Å². The Bertz CT molecular complexity index is 745. The molecule has 0 fully saturated rings. The molecular formula is C14H9Cl2N3O3. The molecule has 0 bridgehead atoms. The van der Waals surface area contributed by atoms with Crippen molar-refractivity contribution in [3.05, 3.63) is 68.3 Å². The van der Waals surface area contributed by atoms with Crippen LogP contribution in [0.4, 0.5) is 11.5 Å². The van der Waals surface area contributed by atoms with Gasteiger partial charge in [-0.15, -0.1) is 0 Å². The van der Waals surface area contributed by atoms with Crippen molar-refractivity contribution in [2.45, 2.75) is 0 Å². The summed E-state index contributed by atoms with van der Waals surface area (Å²) < 4.78 is 0. The van der Waals surface area contributed by atoms with Gasteiger partial charge in [-0.1, -0.05) is 29.3 Å². The number of carbonyl (C=O) groups is 1. The minimum Gasteiger partial charge on any atom is -0.307 e. The maximum atomic E-state index is 11.7. The maximum absolute atomic E-state index is 11.7. The van der Waals surface area contributed by atoms with E-state index in [4.69, 9.17) is 23.2 Å². The summed E-state index contributed by atoms with van der Waals surface area (Å²) in [6.07, 6.45) is 3.87. The molecule has 0 aliphatic heterocycles. The smallest absolute Gasteiger partial charge is 0.287 e. The lowest BCUT2D eigenvalue weighted by Gasteiger charge is -2.01. The summed E-state index contributed by atoms with van der Waals surface area (Å²) in [6.45, 7) is 0. The monoisotopic (exact) mass is 337 g/mol. The summed E-state index contributed by atoms with van der Waals surface area (Å²) >= 11 is 11.8. The van der Waals surface area contributed by atoms with Crippen LogP contribution >= 0.6 is 23.2 Å². The molecule has 8 heteroatoms. The molecule has 0 saturated heterocycles. The van der Waals surface area contributed by atoms with Crippen molar-refractivity contribution >= 4 is 46.7 Å². The zero-order chi connectivity index (χ0) is 16.1. The summed E-state index contributed by atoms with van der Waals surface area (Å²) in [6, 6.07) is 7.50. The number of hydrogen-bond donors (Lipinski definition) is 1. The van der Waals surface area contributed by atoms with Crippen molar-refractivity contribution in [3.63, 3.8) is 0 Å². The predicted octanol–water partition coefficient (Wildman–Crippen LogP) is 3.95. The molecule has 6 nitrogen and oxygen atoms in total. The van der Waals surface area contributed by atoms with Gasteiger partial charge in [0.2, 0.25) is 5.91 Å². The van der Waals surface area contributed by atoms with Crippen LogP contribution in [0.15, 0.2) is 42.6 Å². The van der Waals surface area contributed by atoms with Crippen LogP contribution in [0.1, 0.15) is 5.56 Å². The molecule has 1 N–H and O–H groups in total. The minimum absolute atomic E-state index is 0.151. The summed E-state index contributed by atoms with van der Waals surface area (Å²) in [5.41, 5.74) is 0.486. The number of anilines is 1. The van der Waals surface area contributed by atoms with Gasteiger partial charge in [0.1, 0.15) is 12.0 Å². The fourth-order valence-electron chi connectivity index (χ4n) is 1.54. The molecule has 112 valence electrons. The second kappa shape index (κ2) is 7.02. The second-order valence-corrected chi connectivity index (χ2v) is 4.99. The summed E-state index contributed by atoms with van der Waals surface area (Å²) in [5, 5.41) is 13.9. The van der Waals surface area contributed by atoms with Crippen molar-refractivity contribution < 1.29 is 9.72 Å². The summed E-state index contributed by atoms with van der Waals surface area (Å²) in [5.74, 6) is -0.227. The molecular weight excluding hydrogens is 329 g/mol. The number of rotatable bonds is 4. The van der Waals surface area contributed by atoms with Gasteiger partial charge in [-0.2, -0.15) is 0 Å². The second-order valence-electron chi connectivity index (χ2n) is 4.15. The van der Waals surface area contributed by atoms with Crippen LogP contribution < -0.4 is 5.32 Å². The first-order chi connectivity index (χ1) is 10.5. The van der Waals surface area contributed by atoms with E-state index in [1.165, 1.54) is 24.3 Å². The van der Waals surface area contributed by atoms with Crippen molar-refractivity contribution in [2.24, 2.45) is 0 Å². The molecule has 1 amide bonds. The normalized spacial score (nSPS) is 10.6. The standard InChI is InChI=1S/C14H9Cl2N3O3/c15-10-3-1-9(12(16)7-10)2-6-14(20)18-13-5-4-11(8-17-13)19(21)22/h1-8H,(H,17,18,20). The number of carbonyl (C=O) groups excluding carboxylic acids is 1. The van der Waals surface area contributed by atoms with Gasteiger partial charge in [0, 0.05) is 22.2 Å². The number of hydrogen-bond acceptors (Lipinski definition) is 4. The highest BCUT2D eigenvalue weighted by molar-refractivity contribution is 6.35.